The number of carbonyl (C=O) groups is 1. The fourth-order valence-corrected chi connectivity index (χ4v) is 6.20. The Morgan fingerprint density at radius 1 is 0.952 bits per heavy atom. The van der Waals surface area contributed by atoms with Gasteiger partial charge in [-0.2, -0.15) is 0 Å². The Kier molecular flexibility index (Phi) is 4.03. The predicted molar refractivity (Wildman–Crippen MR) is 86.5 cm³/mol. The van der Waals surface area contributed by atoms with Crippen molar-refractivity contribution >= 4 is 18.3 Å². The predicted octanol–water partition coefficient (Wildman–Crippen LogP) is 2.83. The standard InChI is InChI=1S/C17H28N2O.ClH/c1-11-9-19(10-12(2)18-11)16(20)17-6-13-3-14(7-17)5-15(4-13)8-17;/h11-15,18H,3-10H2,1-2H3;1H. The number of hydrogen-bond acceptors (Lipinski definition) is 2. The van der Waals surface area contributed by atoms with E-state index in [-0.39, 0.29) is 17.8 Å². The van der Waals surface area contributed by atoms with E-state index in [0.29, 0.717) is 18.0 Å². The van der Waals surface area contributed by atoms with Gasteiger partial charge in [0.1, 0.15) is 0 Å². The molecule has 0 aromatic carbocycles. The van der Waals surface area contributed by atoms with Crippen LogP contribution in [0.15, 0.2) is 0 Å². The quantitative estimate of drug-likeness (QED) is 0.807. The van der Waals surface area contributed by atoms with Crippen molar-refractivity contribution < 1.29 is 4.79 Å². The second-order valence-corrected chi connectivity index (χ2v) is 8.38. The van der Waals surface area contributed by atoms with Crippen LogP contribution in [0.25, 0.3) is 0 Å². The first-order valence-corrected chi connectivity index (χ1v) is 8.59. The topological polar surface area (TPSA) is 32.3 Å². The zero-order valence-electron chi connectivity index (χ0n) is 13.3. The highest BCUT2D eigenvalue weighted by Gasteiger charge is 2.55. The maximum Gasteiger partial charge on any atom is 0.228 e. The van der Waals surface area contributed by atoms with Crippen molar-refractivity contribution in [3.8, 4) is 0 Å². The van der Waals surface area contributed by atoms with Gasteiger partial charge in [-0.1, -0.05) is 0 Å². The van der Waals surface area contributed by atoms with E-state index < -0.39 is 0 Å². The van der Waals surface area contributed by atoms with E-state index in [2.05, 4.69) is 24.1 Å². The minimum atomic E-state index is 0. The summed E-state index contributed by atoms with van der Waals surface area (Å²) in [4.78, 5) is 15.4. The SMILES string of the molecule is CC1CN(C(=O)C23CC4CC(CC(C4)C2)C3)CC(C)N1.Cl. The number of carbonyl (C=O) groups excluding carboxylic acids is 1. The minimum absolute atomic E-state index is 0. The van der Waals surface area contributed by atoms with E-state index in [4.69, 9.17) is 0 Å². The van der Waals surface area contributed by atoms with Gasteiger partial charge in [-0.3, -0.25) is 4.79 Å². The molecular formula is C17H29ClN2O. The van der Waals surface area contributed by atoms with Gasteiger partial charge in [0, 0.05) is 25.2 Å². The first-order chi connectivity index (χ1) is 9.54. The average molecular weight is 313 g/mol. The molecule has 120 valence electrons. The molecule has 4 aliphatic carbocycles. The van der Waals surface area contributed by atoms with E-state index in [0.717, 1.165) is 30.8 Å². The number of hydrogen-bond donors (Lipinski definition) is 1. The zero-order valence-corrected chi connectivity index (χ0v) is 14.1. The van der Waals surface area contributed by atoms with Crippen molar-refractivity contribution in [2.75, 3.05) is 13.1 Å². The highest BCUT2D eigenvalue weighted by molar-refractivity contribution is 5.85. The van der Waals surface area contributed by atoms with E-state index in [9.17, 15) is 4.79 Å². The molecule has 1 amide bonds. The normalized spacial score (nSPS) is 48.1. The molecule has 21 heavy (non-hydrogen) atoms. The minimum Gasteiger partial charge on any atom is -0.339 e. The highest BCUT2D eigenvalue weighted by Crippen LogP contribution is 2.60. The Bertz CT molecular complexity index is 380. The van der Waals surface area contributed by atoms with E-state index in [1.165, 1.54) is 38.5 Å². The molecule has 0 radical (unpaired) electrons. The molecule has 1 heterocycles. The molecule has 4 heteroatoms. The summed E-state index contributed by atoms with van der Waals surface area (Å²) in [6.07, 6.45) is 7.85. The fourth-order valence-electron chi connectivity index (χ4n) is 6.20. The van der Waals surface area contributed by atoms with Crippen molar-refractivity contribution in [3.05, 3.63) is 0 Å². The second kappa shape index (κ2) is 5.42. The van der Waals surface area contributed by atoms with Crippen molar-refractivity contribution in [1.82, 2.24) is 10.2 Å². The summed E-state index contributed by atoms with van der Waals surface area (Å²) in [6.45, 7) is 6.22. The summed E-state index contributed by atoms with van der Waals surface area (Å²) in [5, 5.41) is 3.54. The molecular weight excluding hydrogens is 284 g/mol. The number of nitrogens with one attached hydrogen (secondary N) is 1. The fraction of sp³-hybridized carbons (Fsp3) is 0.941. The summed E-state index contributed by atoms with van der Waals surface area (Å²) >= 11 is 0. The Morgan fingerprint density at radius 3 is 1.81 bits per heavy atom. The third kappa shape index (κ3) is 2.61. The molecule has 0 aromatic heterocycles. The highest BCUT2D eigenvalue weighted by atomic mass is 35.5. The van der Waals surface area contributed by atoms with Crippen LogP contribution in [0.2, 0.25) is 0 Å². The monoisotopic (exact) mass is 312 g/mol. The van der Waals surface area contributed by atoms with Crippen LogP contribution in [0, 0.1) is 23.2 Å². The molecule has 2 unspecified atom stereocenters. The first kappa shape index (κ1) is 15.6. The van der Waals surface area contributed by atoms with Crippen LogP contribution in [0.3, 0.4) is 0 Å². The maximum atomic E-state index is 13.2. The molecule has 1 aliphatic heterocycles. The molecule has 1 saturated heterocycles. The average Bonchev–Trinajstić information content (AvgIpc) is 2.35. The Hall–Kier alpha value is -0.280. The van der Waals surface area contributed by atoms with Crippen molar-refractivity contribution in [2.24, 2.45) is 23.2 Å². The molecule has 5 fully saturated rings. The third-order valence-electron chi connectivity index (χ3n) is 6.34. The van der Waals surface area contributed by atoms with Gasteiger partial charge in [0.2, 0.25) is 5.91 Å². The van der Waals surface area contributed by atoms with E-state index in [1.807, 2.05) is 0 Å². The van der Waals surface area contributed by atoms with Gasteiger partial charge < -0.3 is 10.2 Å². The smallest absolute Gasteiger partial charge is 0.228 e. The van der Waals surface area contributed by atoms with Gasteiger partial charge in [-0.05, 0) is 70.1 Å². The number of piperazine rings is 1. The Labute approximate surface area is 134 Å². The number of halogens is 1. The summed E-state index contributed by atoms with van der Waals surface area (Å²) in [5.41, 5.74) is 0.0472. The number of amides is 1. The van der Waals surface area contributed by atoms with Gasteiger partial charge in [0.25, 0.3) is 0 Å². The molecule has 4 bridgehead atoms. The van der Waals surface area contributed by atoms with Crippen LogP contribution in [0.1, 0.15) is 52.4 Å². The lowest BCUT2D eigenvalue weighted by molar-refractivity contribution is -0.159. The zero-order chi connectivity index (χ0) is 13.9. The van der Waals surface area contributed by atoms with Crippen LogP contribution in [0.5, 0.6) is 0 Å². The van der Waals surface area contributed by atoms with Gasteiger partial charge in [0.05, 0.1) is 5.41 Å². The molecule has 0 aromatic rings. The van der Waals surface area contributed by atoms with Crippen molar-refractivity contribution in [1.29, 1.82) is 0 Å². The van der Waals surface area contributed by atoms with Crippen molar-refractivity contribution in [3.63, 3.8) is 0 Å². The maximum absolute atomic E-state index is 13.2. The van der Waals surface area contributed by atoms with Crippen LogP contribution >= 0.6 is 12.4 Å². The lowest BCUT2D eigenvalue weighted by atomic mass is 9.49. The summed E-state index contributed by atoms with van der Waals surface area (Å²) in [7, 11) is 0. The Morgan fingerprint density at radius 2 is 1.38 bits per heavy atom. The second-order valence-electron chi connectivity index (χ2n) is 8.38. The molecule has 1 N–H and O–H groups in total. The van der Waals surface area contributed by atoms with E-state index >= 15 is 0 Å². The van der Waals surface area contributed by atoms with Gasteiger partial charge in [-0.25, -0.2) is 0 Å². The van der Waals surface area contributed by atoms with Crippen LogP contribution in [-0.4, -0.2) is 36.0 Å². The lowest BCUT2D eigenvalue weighted by Gasteiger charge is -2.57. The first-order valence-electron chi connectivity index (χ1n) is 8.59. The van der Waals surface area contributed by atoms with E-state index in [1.54, 1.807) is 0 Å². The number of nitrogens with zero attached hydrogens (tertiary/aromatic N) is 1. The van der Waals surface area contributed by atoms with Crippen molar-refractivity contribution in [2.45, 2.75) is 64.5 Å². The van der Waals surface area contributed by atoms with Crippen LogP contribution in [0.4, 0.5) is 0 Å². The Balaban J connectivity index is 0.00000132. The molecule has 3 nitrogen and oxygen atoms in total. The molecule has 2 atom stereocenters. The summed E-state index contributed by atoms with van der Waals surface area (Å²) in [5.74, 6) is 3.10. The molecule has 5 aliphatic rings. The molecule has 4 saturated carbocycles. The number of rotatable bonds is 1. The summed E-state index contributed by atoms with van der Waals surface area (Å²) in [6, 6.07) is 0.883. The lowest BCUT2D eigenvalue weighted by Crippen LogP contribution is -2.61. The summed E-state index contributed by atoms with van der Waals surface area (Å²) < 4.78 is 0. The van der Waals surface area contributed by atoms with Gasteiger partial charge in [0.15, 0.2) is 0 Å². The van der Waals surface area contributed by atoms with Gasteiger partial charge in [-0.15, -0.1) is 12.4 Å². The largest absolute Gasteiger partial charge is 0.339 e. The third-order valence-corrected chi connectivity index (χ3v) is 6.34. The van der Waals surface area contributed by atoms with Gasteiger partial charge >= 0.3 is 0 Å². The molecule has 5 rings (SSSR count). The van der Waals surface area contributed by atoms with Crippen LogP contribution in [-0.2, 0) is 4.79 Å². The van der Waals surface area contributed by atoms with Crippen LogP contribution < -0.4 is 5.32 Å². The molecule has 0 spiro atoms.